The van der Waals surface area contributed by atoms with Crippen molar-refractivity contribution in [3.05, 3.63) is 35.9 Å². The van der Waals surface area contributed by atoms with Gasteiger partial charge in [0.05, 0.1) is 5.92 Å². The van der Waals surface area contributed by atoms with Crippen LogP contribution in [-0.4, -0.2) is 10.6 Å². The quantitative estimate of drug-likeness (QED) is 0.590. The van der Waals surface area contributed by atoms with Crippen LogP contribution in [0.1, 0.15) is 37.2 Å². The minimum atomic E-state index is -0.241. The van der Waals surface area contributed by atoms with Gasteiger partial charge in [-0.1, -0.05) is 30.3 Å². The van der Waals surface area contributed by atoms with E-state index in [1.165, 1.54) is 0 Å². The molecule has 1 aromatic rings. The van der Waals surface area contributed by atoms with Gasteiger partial charge in [0.25, 0.3) is 0 Å². The smallest absolute Gasteiger partial charge is 0.229 e. The van der Waals surface area contributed by atoms with Crippen LogP contribution in [0.3, 0.4) is 0 Å². The standard InChI is InChI=1S/C14H16Cl2O/c15-12-8-6-11(7-9-12)13(14(16)17)10-4-2-1-3-5-10/h1-5,11-13H,6-9H2. The fourth-order valence-corrected chi connectivity index (χ4v) is 3.22. The van der Waals surface area contributed by atoms with Crippen molar-refractivity contribution in [2.24, 2.45) is 5.92 Å². The summed E-state index contributed by atoms with van der Waals surface area (Å²) in [6.45, 7) is 0. The van der Waals surface area contributed by atoms with Gasteiger partial charge in [-0.05, 0) is 48.8 Å². The largest absolute Gasteiger partial charge is 0.281 e. The van der Waals surface area contributed by atoms with Gasteiger partial charge < -0.3 is 0 Å². The topological polar surface area (TPSA) is 17.1 Å². The number of halogens is 2. The molecule has 1 atom stereocenters. The van der Waals surface area contributed by atoms with Gasteiger partial charge in [-0.15, -0.1) is 11.6 Å². The van der Waals surface area contributed by atoms with E-state index in [1.54, 1.807) is 0 Å². The highest BCUT2D eigenvalue weighted by Crippen LogP contribution is 2.38. The normalized spacial score (nSPS) is 26.5. The molecule has 0 heterocycles. The Labute approximate surface area is 112 Å². The zero-order valence-electron chi connectivity index (χ0n) is 9.61. The second-order valence-corrected chi connectivity index (χ2v) is 5.69. The molecule has 0 aromatic heterocycles. The van der Waals surface area contributed by atoms with Gasteiger partial charge in [0, 0.05) is 5.38 Å². The van der Waals surface area contributed by atoms with Crippen molar-refractivity contribution in [3.8, 4) is 0 Å². The maximum Gasteiger partial charge on any atom is 0.229 e. The van der Waals surface area contributed by atoms with E-state index < -0.39 is 0 Å². The summed E-state index contributed by atoms with van der Waals surface area (Å²) in [7, 11) is 0. The maximum atomic E-state index is 11.7. The number of carbonyl (C=O) groups excluding carboxylic acids is 1. The zero-order chi connectivity index (χ0) is 12.3. The first-order valence-corrected chi connectivity index (χ1v) is 6.88. The summed E-state index contributed by atoms with van der Waals surface area (Å²) in [6, 6.07) is 9.83. The first kappa shape index (κ1) is 12.9. The van der Waals surface area contributed by atoms with Crippen LogP contribution in [0.2, 0.25) is 0 Å². The molecule has 0 bridgehead atoms. The van der Waals surface area contributed by atoms with Crippen LogP contribution in [-0.2, 0) is 4.79 Å². The molecule has 0 N–H and O–H groups in total. The minimum Gasteiger partial charge on any atom is -0.281 e. The molecule has 2 rings (SSSR count). The third-order valence-corrected chi connectivity index (χ3v) is 4.25. The second kappa shape index (κ2) is 5.88. The van der Waals surface area contributed by atoms with Crippen LogP contribution in [0.25, 0.3) is 0 Å². The number of benzene rings is 1. The summed E-state index contributed by atoms with van der Waals surface area (Å²) in [5, 5.41) is 0.0299. The number of hydrogen-bond donors (Lipinski definition) is 0. The van der Waals surface area contributed by atoms with Crippen molar-refractivity contribution in [3.63, 3.8) is 0 Å². The fourth-order valence-electron chi connectivity index (χ4n) is 2.66. The summed E-state index contributed by atoms with van der Waals surface area (Å²) >= 11 is 11.9. The van der Waals surface area contributed by atoms with Gasteiger partial charge >= 0.3 is 0 Å². The van der Waals surface area contributed by atoms with Crippen molar-refractivity contribution in [2.45, 2.75) is 37.0 Å². The molecule has 0 aliphatic heterocycles. The first-order chi connectivity index (χ1) is 8.18. The monoisotopic (exact) mass is 270 g/mol. The number of rotatable bonds is 3. The lowest BCUT2D eigenvalue weighted by atomic mass is 9.77. The summed E-state index contributed by atoms with van der Waals surface area (Å²) in [5.74, 6) is 0.180. The Kier molecular flexibility index (Phi) is 4.47. The molecule has 1 saturated carbocycles. The predicted octanol–water partition coefficient (Wildman–Crippen LogP) is 4.33. The number of carbonyl (C=O) groups is 1. The van der Waals surface area contributed by atoms with Crippen molar-refractivity contribution < 1.29 is 4.79 Å². The number of alkyl halides is 1. The first-order valence-electron chi connectivity index (χ1n) is 6.07. The lowest BCUT2D eigenvalue weighted by Crippen LogP contribution is -2.24. The Balaban J connectivity index is 2.16. The molecular weight excluding hydrogens is 255 g/mol. The van der Waals surface area contributed by atoms with Crippen LogP contribution in [0.4, 0.5) is 0 Å². The Morgan fingerprint density at radius 3 is 2.24 bits per heavy atom. The average molecular weight is 271 g/mol. The van der Waals surface area contributed by atoms with Crippen LogP contribution >= 0.6 is 23.2 Å². The lowest BCUT2D eigenvalue weighted by Gasteiger charge is -2.30. The maximum absolute atomic E-state index is 11.7. The Bertz CT molecular complexity index is 369. The SMILES string of the molecule is O=C(Cl)C(c1ccccc1)C1CCC(Cl)CC1. The zero-order valence-corrected chi connectivity index (χ0v) is 11.1. The van der Waals surface area contributed by atoms with Gasteiger partial charge in [-0.2, -0.15) is 0 Å². The van der Waals surface area contributed by atoms with Gasteiger partial charge in [0.2, 0.25) is 5.24 Å². The van der Waals surface area contributed by atoms with Crippen molar-refractivity contribution in [1.29, 1.82) is 0 Å². The van der Waals surface area contributed by atoms with Crippen LogP contribution in [0, 0.1) is 5.92 Å². The van der Waals surface area contributed by atoms with Gasteiger partial charge in [-0.3, -0.25) is 4.79 Å². The Morgan fingerprint density at radius 1 is 1.12 bits per heavy atom. The van der Waals surface area contributed by atoms with Gasteiger partial charge in [0.15, 0.2) is 0 Å². The van der Waals surface area contributed by atoms with Crippen molar-refractivity contribution >= 4 is 28.4 Å². The molecule has 3 heteroatoms. The van der Waals surface area contributed by atoms with Crippen LogP contribution < -0.4 is 0 Å². The minimum absolute atomic E-state index is 0.165. The molecular formula is C14H16Cl2O. The highest BCUT2D eigenvalue weighted by Gasteiger charge is 2.31. The van der Waals surface area contributed by atoms with Crippen LogP contribution in [0.15, 0.2) is 30.3 Å². The van der Waals surface area contributed by atoms with Crippen LogP contribution in [0.5, 0.6) is 0 Å². The van der Waals surface area contributed by atoms with E-state index in [0.29, 0.717) is 5.92 Å². The van der Waals surface area contributed by atoms with E-state index in [2.05, 4.69) is 0 Å². The number of hydrogen-bond acceptors (Lipinski definition) is 1. The molecule has 1 nitrogen and oxygen atoms in total. The molecule has 0 spiro atoms. The summed E-state index contributed by atoms with van der Waals surface area (Å²) in [5.41, 5.74) is 1.03. The van der Waals surface area contributed by atoms with Crippen molar-refractivity contribution in [1.82, 2.24) is 0 Å². The highest BCUT2D eigenvalue weighted by molar-refractivity contribution is 6.64. The van der Waals surface area contributed by atoms with E-state index in [1.807, 2.05) is 30.3 Å². The molecule has 0 amide bonds. The third-order valence-electron chi connectivity index (χ3n) is 3.58. The highest BCUT2D eigenvalue weighted by atomic mass is 35.5. The molecule has 0 radical (unpaired) electrons. The van der Waals surface area contributed by atoms with Crippen molar-refractivity contribution in [2.75, 3.05) is 0 Å². The van der Waals surface area contributed by atoms with Gasteiger partial charge in [-0.25, -0.2) is 0 Å². The summed E-state index contributed by atoms with van der Waals surface area (Å²) in [4.78, 5) is 11.7. The molecule has 17 heavy (non-hydrogen) atoms. The summed E-state index contributed by atoms with van der Waals surface area (Å²) < 4.78 is 0. The van der Waals surface area contributed by atoms with E-state index in [0.717, 1.165) is 31.2 Å². The van der Waals surface area contributed by atoms with E-state index in [-0.39, 0.29) is 16.5 Å². The molecule has 0 saturated heterocycles. The molecule has 1 aromatic carbocycles. The molecule has 1 fully saturated rings. The average Bonchev–Trinajstić information content (AvgIpc) is 2.33. The second-order valence-electron chi connectivity index (χ2n) is 4.70. The fraction of sp³-hybridized carbons (Fsp3) is 0.500. The predicted molar refractivity (Wildman–Crippen MR) is 71.6 cm³/mol. The lowest BCUT2D eigenvalue weighted by molar-refractivity contribution is -0.114. The molecule has 1 aliphatic rings. The van der Waals surface area contributed by atoms with E-state index in [9.17, 15) is 4.79 Å². The molecule has 92 valence electrons. The Hall–Kier alpha value is -0.530. The molecule has 1 unspecified atom stereocenters. The third kappa shape index (κ3) is 3.23. The summed E-state index contributed by atoms with van der Waals surface area (Å²) in [6.07, 6.45) is 3.96. The van der Waals surface area contributed by atoms with Gasteiger partial charge in [0.1, 0.15) is 0 Å². The Morgan fingerprint density at radius 2 is 1.71 bits per heavy atom. The van der Waals surface area contributed by atoms with E-state index >= 15 is 0 Å². The van der Waals surface area contributed by atoms with E-state index in [4.69, 9.17) is 23.2 Å². The molecule has 1 aliphatic carbocycles.